The van der Waals surface area contributed by atoms with Gasteiger partial charge in [-0.2, -0.15) is 0 Å². The number of carbonyl (C=O) groups excluding carboxylic acids is 1. The lowest BCUT2D eigenvalue weighted by Gasteiger charge is -2.24. The van der Waals surface area contributed by atoms with Crippen molar-refractivity contribution in [2.24, 2.45) is 5.92 Å². The maximum absolute atomic E-state index is 11.5. The van der Waals surface area contributed by atoms with E-state index >= 15 is 0 Å². The molecule has 0 saturated carbocycles. The summed E-state index contributed by atoms with van der Waals surface area (Å²) in [5.74, 6) is 1.08. The van der Waals surface area contributed by atoms with Crippen LogP contribution in [0.1, 0.15) is 47.0 Å². The zero-order valence-electron chi connectivity index (χ0n) is 9.37. The second-order valence-electron chi connectivity index (χ2n) is 4.43. The first-order chi connectivity index (χ1) is 7.13. The van der Waals surface area contributed by atoms with Gasteiger partial charge in [0.05, 0.1) is 12.7 Å². The summed E-state index contributed by atoms with van der Waals surface area (Å²) in [5, 5.41) is 1.95. The lowest BCUT2D eigenvalue weighted by Crippen LogP contribution is -2.15. The van der Waals surface area contributed by atoms with E-state index < -0.39 is 0 Å². The Bertz CT molecular complexity index is 381. The standard InChI is InChI=1S/C12H16O2S/c1-7-4-8(2)11-9(5-7)10(6-15-11)12(13)14-3/h6-8H,4-5H2,1-3H3. The average molecular weight is 224 g/mol. The largest absolute Gasteiger partial charge is 0.465 e. The molecule has 1 aromatic rings. The summed E-state index contributed by atoms with van der Waals surface area (Å²) in [4.78, 5) is 12.9. The van der Waals surface area contributed by atoms with Gasteiger partial charge in [-0.15, -0.1) is 11.3 Å². The number of esters is 1. The summed E-state index contributed by atoms with van der Waals surface area (Å²) in [6.45, 7) is 4.49. The van der Waals surface area contributed by atoms with Crippen molar-refractivity contribution >= 4 is 17.3 Å². The summed E-state index contributed by atoms with van der Waals surface area (Å²) < 4.78 is 4.80. The second-order valence-corrected chi connectivity index (χ2v) is 5.34. The molecule has 2 unspecified atom stereocenters. The Labute approximate surface area is 94.3 Å². The van der Waals surface area contributed by atoms with Crippen molar-refractivity contribution in [1.29, 1.82) is 0 Å². The van der Waals surface area contributed by atoms with E-state index in [-0.39, 0.29) is 5.97 Å². The maximum atomic E-state index is 11.5. The molecule has 0 spiro atoms. The predicted molar refractivity (Wildman–Crippen MR) is 61.6 cm³/mol. The van der Waals surface area contributed by atoms with Crippen LogP contribution >= 0.6 is 11.3 Å². The fourth-order valence-electron chi connectivity index (χ4n) is 2.45. The Balaban J connectivity index is 2.41. The van der Waals surface area contributed by atoms with Crippen LogP contribution in [0, 0.1) is 5.92 Å². The van der Waals surface area contributed by atoms with E-state index in [1.807, 2.05) is 5.38 Å². The van der Waals surface area contributed by atoms with Crippen molar-refractivity contribution in [1.82, 2.24) is 0 Å². The molecule has 0 radical (unpaired) electrons. The number of ether oxygens (including phenoxy) is 1. The number of hydrogen-bond donors (Lipinski definition) is 0. The van der Waals surface area contributed by atoms with Gasteiger partial charge in [-0.3, -0.25) is 0 Å². The third-order valence-electron chi connectivity index (χ3n) is 3.09. The van der Waals surface area contributed by atoms with Crippen LogP contribution in [0.15, 0.2) is 5.38 Å². The van der Waals surface area contributed by atoms with Gasteiger partial charge in [0.1, 0.15) is 0 Å². The van der Waals surface area contributed by atoms with Gasteiger partial charge in [0, 0.05) is 10.3 Å². The van der Waals surface area contributed by atoms with Crippen LogP contribution in [0.5, 0.6) is 0 Å². The van der Waals surface area contributed by atoms with E-state index in [1.54, 1.807) is 11.3 Å². The molecule has 1 aromatic heterocycles. The third kappa shape index (κ3) is 1.81. The van der Waals surface area contributed by atoms with Gasteiger partial charge in [0.25, 0.3) is 0 Å². The van der Waals surface area contributed by atoms with E-state index in [9.17, 15) is 4.79 Å². The normalized spacial score (nSPS) is 24.7. The monoisotopic (exact) mass is 224 g/mol. The number of methoxy groups -OCH3 is 1. The molecule has 2 rings (SSSR count). The molecule has 0 fully saturated rings. The van der Waals surface area contributed by atoms with Gasteiger partial charge in [0.15, 0.2) is 0 Å². The molecule has 15 heavy (non-hydrogen) atoms. The number of carbonyl (C=O) groups is 1. The molecule has 0 bridgehead atoms. The molecule has 0 aliphatic heterocycles. The van der Waals surface area contributed by atoms with Gasteiger partial charge in [-0.05, 0) is 30.2 Å². The number of thiophene rings is 1. The van der Waals surface area contributed by atoms with Crippen LogP contribution in [0.25, 0.3) is 0 Å². The summed E-state index contributed by atoms with van der Waals surface area (Å²) >= 11 is 1.70. The van der Waals surface area contributed by atoms with Gasteiger partial charge in [-0.1, -0.05) is 13.8 Å². The van der Waals surface area contributed by atoms with Crippen LogP contribution in [0.3, 0.4) is 0 Å². The molecule has 82 valence electrons. The Hall–Kier alpha value is -0.830. The molecular weight excluding hydrogens is 208 g/mol. The molecule has 0 saturated heterocycles. The fourth-order valence-corrected chi connectivity index (χ4v) is 3.59. The molecule has 0 N–H and O–H groups in total. The van der Waals surface area contributed by atoms with Crippen molar-refractivity contribution < 1.29 is 9.53 Å². The first-order valence-corrected chi connectivity index (χ1v) is 6.20. The molecule has 1 heterocycles. The summed E-state index contributed by atoms with van der Waals surface area (Å²) in [6, 6.07) is 0. The van der Waals surface area contributed by atoms with E-state index in [4.69, 9.17) is 4.74 Å². The molecule has 0 aromatic carbocycles. The summed E-state index contributed by atoms with van der Waals surface area (Å²) in [5.41, 5.74) is 2.02. The molecule has 2 atom stereocenters. The zero-order chi connectivity index (χ0) is 11.0. The minimum absolute atomic E-state index is 0.186. The van der Waals surface area contributed by atoms with Gasteiger partial charge in [-0.25, -0.2) is 4.79 Å². The Kier molecular flexibility index (Phi) is 2.83. The Morgan fingerprint density at radius 1 is 1.53 bits per heavy atom. The van der Waals surface area contributed by atoms with Crippen LogP contribution in [0.4, 0.5) is 0 Å². The SMILES string of the molecule is COC(=O)c1csc2c1CC(C)CC2C. The zero-order valence-corrected chi connectivity index (χ0v) is 10.2. The van der Waals surface area contributed by atoms with Crippen molar-refractivity contribution in [2.75, 3.05) is 7.11 Å². The second kappa shape index (κ2) is 3.97. The number of rotatable bonds is 1. The van der Waals surface area contributed by atoms with Gasteiger partial charge >= 0.3 is 5.97 Å². The first kappa shape index (κ1) is 10.7. The molecule has 2 nitrogen and oxygen atoms in total. The number of hydrogen-bond acceptors (Lipinski definition) is 3. The predicted octanol–water partition coefficient (Wildman–Crippen LogP) is 3.22. The molecule has 1 aliphatic rings. The number of fused-ring (bicyclic) bond motifs is 1. The van der Waals surface area contributed by atoms with Gasteiger partial charge < -0.3 is 4.74 Å². The van der Waals surface area contributed by atoms with Crippen molar-refractivity contribution in [3.8, 4) is 0 Å². The molecule has 3 heteroatoms. The lowest BCUT2D eigenvalue weighted by molar-refractivity contribution is 0.0599. The first-order valence-electron chi connectivity index (χ1n) is 5.32. The minimum atomic E-state index is -0.186. The van der Waals surface area contributed by atoms with E-state index in [0.717, 1.165) is 12.0 Å². The summed E-state index contributed by atoms with van der Waals surface area (Å²) in [7, 11) is 1.45. The smallest absolute Gasteiger partial charge is 0.338 e. The highest BCUT2D eigenvalue weighted by Gasteiger charge is 2.27. The van der Waals surface area contributed by atoms with Crippen molar-refractivity contribution in [3.63, 3.8) is 0 Å². The van der Waals surface area contributed by atoms with Crippen LogP contribution in [0.2, 0.25) is 0 Å². The van der Waals surface area contributed by atoms with Crippen LogP contribution in [-0.2, 0) is 11.2 Å². The highest BCUT2D eigenvalue weighted by Crippen LogP contribution is 2.40. The molecule has 0 amide bonds. The van der Waals surface area contributed by atoms with Crippen LogP contribution < -0.4 is 0 Å². The van der Waals surface area contributed by atoms with E-state index in [0.29, 0.717) is 11.8 Å². The quantitative estimate of drug-likeness (QED) is 0.685. The summed E-state index contributed by atoms with van der Waals surface area (Å²) in [6.07, 6.45) is 2.25. The van der Waals surface area contributed by atoms with E-state index in [1.165, 1.54) is 24.0 Å². The topological polar surface area (TPSA) is 26.3 Å². The minimum Gasteiger partial charge on any atom is -0.465 e. The Morgan fingerprint density at radius 3 is 2.93 bits per heavy atom. The average Bonchev–Trinajstić information content (AvgIpc) is 2.60. The highest BCUT2D eigenvalue weighted by molar-refractivity contribution is 7.10. The highest BCUT2D eigenvalue weighted by atomic mass is 32.1. The maximum Gasteiger partial charge on any atom is 0.338 e. The molecular formula is C12H16O2S. The third-order valence-corrected chi connectivity index (χ3v) is 4.34. The van der Waals surface area contributed by atoms with Crippen molar-refractivity contribution in [3.05, 3.63) is 21.4 Å². The fraction of sp³-hybridized carbons (Fsp3) is 0.583. The lowest BCUT2D eigenvalue weighted by atomic mass is 9.82. The van der Waals surface area contributed by atoms with E-state index in [2.05, 4.69) is 13.8 Å². The Morgan fingerprint density at radius 2 is 2.27 bits per heavy atom. The van der Waals surface area contributed by atoms with Crippen molar-refractivity contribution in [2.45, 2.75) is 32.6 Å². The van der Waals surface area contributed by atoms with Gasteiger partial charge in [0.2, 0.25) is 0 Å². The molecule has 1 aliphatic carbocycles. The van der Waals surface area contributed by atoms with Crippen LogP contribution in [-0.4, -0.2) is 13.1 Å².